The Labute approximate surface area is 231 Å². The molecule has 0 spiro atoms. The maximum Gasteiger partial charge on any atom is 0.249 e. The molecule has 1 heterocycles. The van der Waals surface area contributed by atoms with Crippen LogP contribution in [0.1, 0.15) is 32.4 Å². The summed E-state index contributed by atoms with van der Waals surface area (Å²) in [6, 6.07) is 14.6. The minimum absolute atomic E-state index is 0.235. The Balaban J connectivity index is 1.91. The highest BCUT2D eigenvalue weighted by atomic mass is 19.1. The van der Waals surface area contributed by atoms with Gasteiger partial charge in [0.25, 0.3) is 0 Å². The number of ether oxygens (including phenoxy) is 3. The van der Waals surface area contributed by atoms with E-state index in [9.17, 15) is 14.0 Å². The summed E-state index contributed by atoms with van der Waals surface area (Å²) in [5.41, 5.74) is 1.33. The van der Waals surface area contributed by atoms with Crippen LogP contribution in [0, 0.1) is 5.82 Å². The van der Waals surface area contributed by atoms with Crippen LogP contribution < -0.4 is 24.4 Å². The van der Waals surface area contributed by atoms with Crippen LogP contribution in [0.15, 0.2) is 60.7 Å². The number of hydrogen-bond donors (Lipinski definition) is 1. The van der Waals surface area contributed by atoms with E-state index < -0.39 is 29.2 Å². The molecule has 3 aromatic carbocycles. The molecule has 0 radical (unpaired) electrons. The van der Waals surface area contributed by atoms with Crippen molar-refractivity contribution in [1.82, 2.24) is 20.3 Å². The lowest BCUT2D eigenvalue weighted by molar-refractivity contribution is -0.128. The van der Waals surface area contributed by atoms with Crippen molar-refractivity contribution in [1.29, 1.82) is 0 Å². The zero-order chi connectivity index (χ0) is 29.0. The van der Waals surface area contributed by atoms with Gasteiger partial charge in [-0.3, -0.25) is 14.5 Å². The van der Waals surface area contributed by atoms with Crippen LogP contribution in [0.5, 0.6) is 17.2 Å². The quantitative estimate of drug-likeness (QED) is 0.332. The Morgan fingerprint density at radius 1 is 0.975 bits per heavy atom. The maximum absolute atomic E-state index is 14.1. The molecular formula is C29H32FN5O5. The number of hydrogen-bond acceptors (Lipinski definition) is 7. The van der Waals surface area contributed by atoms with E-state index in [2.05, 4.69) is 15.6 Å². The van der Waals surface area contributed by atoms with Crippen molar-refractivity contribution in [2.75, 3.05) is 26.2 Å². The zero-order valence-corrected chi connectivity index (χ0v) is 23.3. The van der Waals surface area contributed by atoms with E-state index in [-0.39, 0.29) is 6.54 Å². The molecule has 1 N–H and O–H groups in total. The number of halogens is 1. The van der Waals surface area contributed by atoms with Gasteiger partial charge in [-0.25, -0.2) is 9.07 Å². The first-order chi connectivity index (χ1) is 19.1. The van der Waals surface area contributed by atoms with Gasteiger partial charge >= 0.3 is 0 Å². The highest BCUT2D eigenvalue weighted by Crippen LogP contribution is 2.41. The van der Waals surface area contributed by atoms with E-state index in [1.165, 1.54) is 55.2 Å². The number of benzene rings is 3. The summed E-state index contributed by atoms with van der Waals surface area (Å²) in [5, 5.41) is 11.2. The van der Waals surface area contributed by atoms with Crippen molar-refractivity contribution in [3.63, 3.8) is 0 Å². The van der Waals surface area contributed by atoms with Crippen molar-refractivity contribution in [2.24, 2.45) is 0 Å². The highest BCUT2D eigenvalue weighted by Gasteiger charge is 2.36. The molecule has 0 aliphatic rings. The monoisotopic (exact) mass is 549 g/mol. The average Bonchev–Trinajstić information content (AvgIpc) is 3.32. The SMILES string of the molecule is COc1cc([C@H](C(=O)NC(C)(C)C)N(C(=O)Cn2nnc3ccccc32)c2ccc(F)cc2)cc(OC)c1OC. The average molecular weight is 550 g/mol. The van der Waals surface area contributed by atoms with Gasteiger partial charge in [0, 0.05) is 11.2 Å². The van der Waals surface area contributed by atoms with Crippen LogP contribution >= 0.6 is 0 Å². The van der Waals surface area contributed by atoms with Crippen molar-refractivity contribution < 1.29 is 28.2 Å². The molecule has 0 aliphatic carbocycles. The van der Waals surface area contributed by atoms with Gasteiger partial charge in [-0.15, -0.1) is 5.10 Å². The predicted octanol–water partition coefficient (Wildman–Crippen LogP) is 4.29. The van der Waals surface area contributed by atoms with Crippen LogP contribution in [-0.2, 0) is 16.1 Å². The fourth-order valence-corrected chi connectivity index (χ4v) is 4.39. The minimum atomic E-state index is -1.21. The van der Waals surface area contributed by atoms with Crippen molar-refractivity contribution in [2.45, 2.75) is 38.9 Å². The molecule has 0 unspecified atom stereocenters. The molecule has 0 saturated carbocycles. The molecule has 0 fully saturated rings. The number of fused-ring (bicyclic) bond motifs is 1. The fraction of sp³-hybridized carbons (Fsp3) is 0.310. The third-order valence-corrected chi connectivity index (χ3v) is 6.09. The van der Waals surface area contributed by atoms with Gasteiger partial charge in [-0.05, 0) is 74.9 Å². The molecule has 1 atom stereocenters. The third kappa shape index (κ3) is 5.98. The number of nitrogens with zero attached hydrogens (tertiary/aromatic N) is 4. The van der Waals surface area contributed by atoms with E-state index in [1.54, 1.807) is 24.3 Å². The van der Waals surface area contributed by atoms with Gasteiger partial charge in [-0.2, -0.15) is 0 Å². The number of para-hydroxylation sites is 1. The van der Waals surface area contributed by atoms with Crippen LogP contribution in [0.25, 0.3) is 11.0 Å². The standard InChI is InChI=1S/C29H32FN5O5/c1-29(2,3)31-28(37)26(18-15-23(38-4)27(40-6)24(16-18)39-5)35(20-13-11-19(30)12-14-20)25(36)17-34-22-10-8-7-9-21(22)32-33-34/h7-16,26H,17H2,1-6H3,(H,31,37)/t26-/m1/s1. The number of nitrogens with one attached hydrogen (secondary N) is 1. The smallest absolute Gasteiger partial charge is 0.249 e. The summed E-state index contributed by atoms with van der Waals surface area (Å²) in [6.45, 7) is 5.27. The molecule has 40 heavy (non-hydrogen) atoms. The van der Waals surface area contributed by atoms with Gasteiger partial charge in [0.05, 0.1) is 26.8 Å². The first kappa shape index (κ1) is 28.3. The number of methoxy groups -OCH3 is 3. The molecule has 2 amide bonds. The lowest BCUT2D eigenvalue weighted by Crippen LogP contribution is -2.50. The Morgan fingerprint density at radius 3 is 2.17 bits per heavy atom. The van der Waals surface area contributed by atoms with Gasteiger partial charge in [-0.1, -0.05) is 17.3 Å². The maximum atomic E-state index is 14.1. The summed E-state index contributed by atoms with van der Waals surface area (Å²) in [5.74, 6) is -0.495. The van der Waals surface area contributed by atoms with Crippen LogP contribution in [0.2, 0.25) is 0 Å². The van der Waals surface area contributed by atoms with E-state index in [0.717, 1.165) is 0 Å². The van der Waals surface area contributed by atoms with Crippen LogP contribution in [-0.4, -0.2) is 53.7 Å². The third-order valence-electron chi connectivity index (χ3n) is 6.09. The molecule has 0 aliphatic heterocycles. The van der Waals surface area contributed by atoms with E-state index >= 15 is 0 Å². The van der Waals surface area contributed by atoms with Crippen LogP contribution in [0.4, 0.5) is 10.1 Å². The van der Waals surface area contributed by atoms with Gasteiger partial charge in [0.2, 0.25) is 17.6 Å². The van der Waals surface area contributed by atoms with Gasteiger partial charge < -0.3 is 19.5 Å². The fourth-order valence-electron chi connectivity index (χ4n) is 4.39. The predicted molar refractivity (Wildman–Crippen MR) is 148 cm³/mol. The Kier molecular flexibility index (Phi) is 8.22. The molecule has 10 nitrogen and oxygen atoms in total. The summed E-state index contributed by atoms with van der Waals surface area (Å²) in [7, 11) is 4.40. The Hall–Kier alpha value is -4.67. The topological polar surface area (TPSA) is 108 Å². The van der Waals surface area contributed by atoms with E-state index in [1.807, 2.05) is 32.9 Å². The largest absolute Gasteiger partial charge is 0.493 e. The lowest BCUT2D eigenvalue weighted by Gasteiger charge is -2.34. The lowest BCUT2D eigenvalue weighted by atomic mass is 9.99. The van der Waals surface area contributed by atoms with Crippen molar-refractivity contribution in [3.05, 3.63) is 72.0 Å². The second-order valence-corrected chi connectivity index (χ2v) is 10.1. The summed E-state index contributed by atoms with van der Waals surface area (Å²) in [6.07, 6.45) is 0. The first-order valence-electron chi connectivity index (χ1n) is 12.5. The number of rotatable bonds is 9. The Morgan fingerprint density at radius 2 is 1.60 bits per heavy atom. The number of carbonyl (C=O) groups is 2. The molecule has 1 aromatic heterocycles. The van der Waals surface area contributed by atoms with E-state index in [4.69, 9.17) is 14.2 Å². The number of anilines is 1. The second kappa shape index (κ2) is 11.6. The van der Waals surface area contributed by atoms with Gasteiger partial charge in [0.1, 0.15) is 23.9 Å². The first-order valence-corrected chi connectivity index (χ1v) is 12.5. The zero-order valence-electron chi connectivity index (χ0n) is 23.3. The molecule has 0 bridgehead atoms. The Bertz CT molecular complexity index is 1490. The van der Waals surface area contributed by atoms with Crippen molar-refractivity contribution >= 4 is 28.5 Å². The normalized spacial score (nSPS) is 12.1. The molecule has 4 aromatic rings. The summed E-state index contributed by atoms with van der Waals surface area (Å²) >= 11 is 0. The number of carbonyl (C=O) groups excluding carboxylic acids is 2. The summed E-state index contributed by atoms with van der Waals surface area (Å²) in [4.78, 5) is 29.4. The second-order valence-electron chi connectivity index (χ2n) is 10.1. The molecule has 11 heteroatoms. The molecular weight excluding hydrogens is 517 g/mol. The molecule has 4 rings (SSSR count). The minimum Gasteiger partial charge on any atom is -0.493 e. The van der Waals surface area contributed by atoms with Gasteiger partial charge in [0.15, 0.2) is 11.5 Å². The summed E-state index contributed by atoms with van der Waals surface area (Å²) < 4.78 is 32.0. The molecule has 0 saturated heterocycles. The highest BCUT2D eigenvalue weighted by molar-refractivity contribution is 6.01. The van der Waals surface area contributed by atoms with Crippen LogP contribution in [0.3, 0.4) is 0 Å². The molecule has 210 valence electrons. The number of aromatic nitrogens is 3. The van der Waals surface area contributed by atoms with E-state index in [0.29, 0.717) is 39.5 Å². The number of amides is 2. The van der Waals surface area contributed by atoms with Crippen molar-refractivity contribution in [3.8, 4) is 17.2 Å².